The van der Waals surface area contributed by atoms with Gasteiger partial charge >= 0.3 is 0 Å². The first-order valence-electron chi connectivity index (χ1n) is 7.10. The highest BCUT2D eigenvalue weighted by Gasteiger charge is 2.42. The topological polar surface area (TPSA) is 59.6 Å². The lowest BCUT2D eigenvalue weighted by Crippen LogP contribution is -2.40. The molecule has 1 fully saturated rings. The molecule has 1 aromatic carbocycles. The van der Waals surface area contributed by atoms with Crippen LogP contribution in [0.4, 0.5) is 8.78 Å². The van der Waals surface area contributed by atoms with E-state index < -0.39 is 30.8 Å². The van der Waals surface area contributed by atoms with Gasteiger partial charge in [0, 0.05) is 25.6 Å². The van der Waals surface area contributed by atoms with Gasteiger partial charge in [-0.2, -0.15) is 0 Å². The molecule has 1 atom stereocenters. The number of methoxy groups -OCH3 is 1. The first-order chi connectivity index (χ1) is 10.5. The number of halogens is 3. The van der Waals surface area contributed by atoms with E-state index in [1.165, 1.54) is 0 Å². The number of benzene rings is 1. The molecule has 0 radical (unpaired) electrons. The third kappa shape index (κ3) is 5.93. The Kier molecular flexibility index (Phi) is 7.67. The van der Waals surface area contributed by atoms with Gasteiger partial charge in [0.2, 0.25) is 5.91 Å². The Morgan fingerprint density at radius 3 is 2.78 bits per heavy atom. The Morgan fingerprint density at radius 1 is 1.39 bits per heavy atom. The monoisotopic (exact) mass is 350 g/mol. The van der Waals surface area contributed by atoms with Crippen LogP contribution in [0.25, 0.3) is 0 Å². The summed E-state index contributed by atoms with van der Waals surface area (Å²) in [7, 11) is 1.58. The second-order valence-corrected chi connectivity index (χ2v) is 5.16. The van der Waals surface area contributed by atoms with Gasteiger partial charge < -0.3 is 14.8 Å². The van der Waals surface area contributed by atoms with Crippen LogP contribution in [0.15, 0.2) is 24.3 Å². The normalized spacial score (nSPS) is 19.0. The predicted molar refractivity (Wildman–Crippen MR) is 84.3 cm³/mol. The summed E-state index contributed by atoms with van der Waals surface area (Å²) in [6.45, 7) is 0.632. The van der Waals surface area contributed by atoms with E-state index in [1.54, 1.807) is 13.2 Å². The molecular formula is C15H21ClF2N2O3. The van der Waals surface area contributed by atoms with Crippen molar-refractivity contribution >= 4 is 18.3 Å². The summed E-state index contributed by atoms with van der Waals surface area (Å²) in [5.74, 6) is -2.60. The molecule has 0 aromatic heterocycles. The molecule has 1 aliphatic rings. The average Bonchev–Trinajstić information content (AvgIpc) is 2.86. The van der Waals surface area contributed by atoms with Crippen LogP contribution < -0.4 is 15.4 Å². The van der Waals surface area contributed by atoms with Crippen molar-refractivity contribution in [2.45, 2.75) is 24.9 Å². The van der Waals surface area contributed by atoms with Crippen LogP contribution in [0.2, 0.25) is 0 Å². The van der Waals surface area contributed by atoms with E-state index in [9.17, 15) is 13.6 Å². The second kappa shape index (κ2) is 9.00. The first kappa shape index (κ1) is 19.6. The lowest BCUT2D eigenvalue weighted by atomic mass is 10.1. The molecule has 1 aromatic rings. The summed E-state index contributed by atoms with van der Waals surface area (Å²) in [4.78, 5) is 11.9. The number of alkyl halides is 2. The summed E-state index contributed by atoms with van der Waals surface area (Å²) >= 11 is 0. The number of hydrogen-bond donors (Lipinski definition) is 2. The van der Waals surface area contributed by atoms with Gasteiger partial charge in [0.25, 0.3) is 5.92 Å². The third-order valence-electron chi connectivity index (χ3n) is 3.40. The molecule has 0 bridgehead atoms. The number of amides is 1. The Labute approximate surface area is 140 Å². The SMILES string of the molecule is COCCOc1ccccc1CNC(=O)C1CC(F)(F)CN1.Cl. The molecule has 1 amide bonds. The van der Waals surface area contributed by atoms with Crippen LogP contribution in [-0.4, -0.2) is 44.7 Å². The number of carbonyl (C=O) groups excluding carboxylic acids is 1. The van der Waals surface area contributed by atoms with E-state index in [4.69, 9.17) is 9.47 Å². The summed E-state index contributed by atoms with van der Waals surface area (Å²) in [6, 6.07) is 6.41. The predicted octanol–water partition coefficient (Wildman–Crippen LogP) is 1.75. The highest BCUT2D eigenvalue weighted by molar-refractivity contribution is 5.85. The van der Waals surface area contributed by atoms with Crippen LogP contribution in [0.3, 0.4) is 0 Å². The highest BCUT2D eigenvalue weighted by Crippen LogP contribution is 2.25. The summed E-state index contributed by atoms with van der Waals surface area (Å²) in [5.41, 5.74) is 0.789. The van der Waals surface area contributed by atoms with Crippen molar-refractivity contribution in [3.63, 3.8) is 0 Å². The van der Waals surface area contributed by atoms with Crippen LogP contribution in [0.1, 0.15) is 12.0 Å². The zero-order valence-electron chi connectivity index (χ0n) is 12.8. The largest absolute Gasteiger partial charge is 0.491 e. The fraction of sp³-hybridized carbons (Fsp3) is 0.533. The van der Waals surface area contributed by atoms with Crippen LogP contribution >= 0.6 is 12.4 Å². The maximum absolute atomic E-state index is 13.1. The molecule has 1 unspecified atom stereocenters. The van der Waals surface area contributed by atoms with Crippen molar-refractivity contribution < 1.29 is 23.0 Å². The molecule has 0 saturated carbocycles. The maximum Gasteiger partial charge on any atom is 0.262 e. The van der Waals surface area contributed by atoms with E-state index in [1.807, 2.05) is 18.2 Å². The van der Waals surface area contributed by atoms with Gasteiger partial charge in [0.05, 0.1) is 19.2 Å². The van der Waals surface area contributed by atoms with Crippen molar-refractivity contribution in [1.82, 2.24) is 10.6 Å². The zero-order chi connectivity index (χ0) is 16.0. The fourth-order valence-corrected chi connectivity index (χ4v) is 2.23. The Morgan fingerprint density at radius 2 is 2.13 bits per heavy atom. The second-order valence-electron chi connectivity index (χ2n) is 5.16. The third-order valence-corrected chi connectivity index (χ3v) is 3.40. The van der Waals surface area contributed by atoms with Gasteiger partial charge in [-0.15, -0.1) is 12.4 Å². The van der Waals surface area contributed by atoms with E-state index >= 15 is 0 Å². The Hall–Kier alpha value is -1.44. The van der Waals surface area contributed by atoms with Gasteiger partial charge in [-0.05, 0) is 6.07 Å². The molecule has 2 N–H and O–H groups in total. The molecule has 0 aliphatic carbocycles. The minimum atomic E-state index is -2.82. The molecule has 1 aliphatic heterocycles. The maximum atomic E-state index is 13.1. The molecule has 1 heterocycles. The minimum absolute atomic E-state index is 0. The number of carbonyl (C=O) groups is 1. The van der Waals surface area contributed by atoms with Gasteiger partial charge in [-0.1, -0.05) is 18.2 Å². The van der Waals surface area contributed by atoms with Gasteiger partial charge in [0.15, 0.2) is 0 Å². The molecule has 2 rings (SSSR count). The number of rotatable bonds is 7. The van der Waals surface area contributed by atoms with Gasteiger partial charge in [-0.25, -0.2) is 8.78 Å². The average molecular weight is 351 g/mol. The molecular weight excluding hydrogens is 330 g/mol. The van der Waals surface area contributed by atoms with E-state index in [-0.39, 0.29) is 19.0 Å². The van der Waals surface area contributed by atoms with Crippen LogP contribution in [-0.2, 0) is 16.1 Å². The summed E-state index contributed by atoms with van der Waals surface area (Å²) in [5, 5.41) is 5.19. The van der Waals surface area contributed by atoms with E-state index in [0.717, 1.165) is 5.56 Å². The highest BCUT2D eigenvalue weighted by atomic mass is 35.5. The Balaban J connectivity index is 0.00000264. The lowest BCUT2D eigenvalue weighted by molar-refractivity contribution is -0.123. The molecule has 130 valence electrons. The number of ether oxygens (including phenoxy) is 2. The van der Waals surface area contributed by atoms with Gasteiger partial charge in [-0.3, -0.25) is 10.1 Å². The number of para-hydroxylation sites is 1. The minimum Gasteiger partial charge on any atom is -0.491 e. The number of nitrogens with one attached hydrogen (secondary N) is 2. The lowest BCUT2D eigenvalue weighted by Gasteiger charge is -2.14. The van der Waals surface area contributed by atoms with Crippen LogP contribution in [0, 0.1) is 0 Å². The molecule has 1 saturated heterocycles. The first-order valence-corrected chi connectivity index (χ1v) is 7.10. The fourth-order valence-electron chi connectivity index (χ4n) is 2.23. The quantitative estimate of drug-likeness (QED) is 0.736. The molecule has 0 spiro atoms. The van der Waals surface area contributed by atoms with Crippen LogP contribution in [0.5, 0.6) is 5.75 Å². The molecule has 5 nitrogen and oxygen atoms in total. The van der Waals surface area contributed by atoms with Crippen molar-refractivity contribution in [2.24, 2.45) is 0 Å². The molecule has 8 heteroatoms. The Bertz CT molecular complexity index is 517. The van der Waals surface area contributed by atoms with Crippen molar-refractivity contribution in [1.29, 1.82) is 0 Å². The molecule has 23 heavy (non-hydrogen) atoms. The number of hydrogen-bond acceptors (Lipinski definition) is 4. The van der Waals surface area contributed by atoms with Crippen molar-refractivity contribution in [3.8, 4) is 5.75 Å². The zero-order valence-corrected chi connectivity index (χ0v) is 13.6. The smallest absolute Gasteiger partial charge is 0.262 e. The van der Waals surface area contributed by atoms with E-state index in [2.05, 4.69) is 10.6 Å². The van der Waals surface area contributed by atoms with Gasteiger partial charge in [0.1, 0.15) is 12.4 Å². The van der Waals surface area contributed by atoms with Crippen molar-refractivity contribution in [2.75, 3.05) is 26.9 Å². The van der Waals surface area contributed by atoms with Crippen molar-refractivity contribution in [3.05, 3.63) is 29.8 Å². The standard InChI is InChI=1S/C15H20F2N2O3.ClH/c1-21-6-7-22-13-5-3-2-4-11(13)9-18-14(20)12-8-15(16,17)10-19-12;/h2-5,12,19H,6-10H2,1H3,(H,18,20);1H. The van der Waals surface area contributed by atoms with E-state index in [0.29, 0.717) is 19.0 Å². The summed E-state index contributed by atoms with van der Waals surface area (Å²) < 4.78 is 36.6. The summed E-state index contributed by atoms with van der Waals surface area (Å²) in [6.07, 6.45) is -0.467.